The second kappa shape index (κ2) is 17.8. The first-order valence-corrected chi connectivity index (χ1v) is 23.3. The van der Waals surface area contributed by atoms with E-state index in [-0.39, 0.29) is 0 Å². The van der Waals surface area contributed by atoms with E-state index in [0.29, 0.717) is 0 Å². The summed E-state index contributed by atoms with van der Waals surface area (Å²) in [5, 5.41) is 2.46. The van der Waals surface area contributed by atoms with Crippen molar-refractivity contribution in [2.45, 2.75) is 0 Å². The minimum atomic E-state index is 1.08. The van der Waals surface area contributed by atoms with E-state index >= 15 is 0 Å². The van der Waals surface area contributed by atoms with Crippen LogP contribution in [0.25, 0.3) is 94.3 Å². The number of hydrogen-bond donors (Lipinski definition) is 0. The lowest BCUT2D eigenvalue weighted by Crippen LogP contribution is -2.10. The molecule has 0 fully saturated rings. The predicted octanol–water partition coefficient (Wildman–Crippen LogP) is 18.3. The number of nitrogens with zero attached hydrogens (tertiary/aromatic N) is 2. The summed E-state index contributed by atoms with van der Waals surface area (Å²) >= 11 is 0. The molecule has 1 aromatic heterocycles. The summed E-state index contributed by atoms with van der Waals surface area (Å²) in [5.74, 6) is 0. The van der Waals surface area contributed by atoms with Crippen LogP contribution in [0.5, 0.6) is 0 Å². The second-order valence-corrected chi connectivity index (χ2v) is 17.3. The minimum Gasteiger partial charge on any atom is -0.310 e. The lowest BCUT2D eigenvalue weighted by atomic mass is 9.94. The first-order valence-electron chi connectivity index (χ1n) is 23.3. The highest BCUT2D eigenvalue weighted by Gasteiger charge is 2.21. The van der Waals surface area contributed by atoms with Crippen LogP contribution in [0, 0.1) is 0 Å². The normalized spacial score (nSPS) is 11.2. The van der Waals surface area contributed by atoms with Crippen molar-refractivity contribution in [1.29, 1.82) is 0 Å². The standard InChI is InChI=1S/C66H46N2/c1-5-16-47(17-6-1)49-28-32-51(33-29-49)53-36-40-58(41-37-53)67(59-42-38-54(39-43-59)52-34-30-50(31-35-52)48-18-7-2-8-19-48)60-25-15-22-56(46-60)61-44-45-62(55-20-9-3-10-21-55)66-65(61)63-26-13-14-27-64(63)68(66)57-23-11-4-12-24-57/h1-46H. The molecule has 0 radical (unpaired) electrons. The monoisotopic (exact) mass is 866 g/mol. The molecule has 0 aliphatic heterocycles. The number of para-hydroxylation sites is 2. The van der Waals surface area contributed by atoms with Gasteiger partial charge in [-0.1, -0.05) is 224 Å². The average Bonchev–Trinajstić information content (AvgIpc) is 3.78. The number of hydrogen-bond acceptors (Lipinski definition) is 1. The van der Waals surface area contributed by atoms with E-state index < -0.39 is 0 Å². The van der Waals surface area contributed by atoms with E-state index in [9.17, 15) is 0 Å². The van der Waals surface area contributed by atoms with Crippen molar-refractivity contribution >= 4 is 38.9 Å². The predicted molar refractivity (Wildman–Crippen MR) is 288 cm³/mol. The van der Waals surface area contributed by atoms with Crippen LogP contribution in [0.1, 0.15) is 0 Å². The van der Waals surface area contributed by atoms with Gasteiger partial charge in [-0.05, 0) is 116 Å². The van der Waals surface area contributed by atoms with Gasteiger partial charge in [-0.3, -0.25) is 0 Å². The van der Waals surface area contributed by atoms with E-state index in [0.717, 1.165) is 28.3 Å². The Hall–Kier alpha value is -8.98. The molecule has 0 bridgehead atoms. The maximum Gasteiger partial charge on any atom is 0.0625 e. The highest BCUT2D eigenvalue weighted by molar-refractivity contribution is 6.19. The van der Waals surface area contributed by atoms with Crippen molar-refractivity contribution in [3.63, 3.8) is 0 Å². The molecule has 12 rings (SSSR count). The summed E-state index contributed by atoms with van der Waals surface area (Å²) in [6, 6.07) is 101. The van der Waals surface area contributed by atoms with Crippen molar-refractivity contribution in [3.8, 4) is 72.4 Å². The molecule has 2 heteroatoms. The van der Waals surface area contributed by atoms with E-state index in [1.807, 2.05) is 0 Å². The number of aromatic nitrogens is 1. The third kappa shape index (κ3) is 7.64. The number of benzene rings is 11. The molecule has 11 aromatic carbocycles. The Morgan fingerprint density at radius 1 is 0.250 bits per heavy atom. The molecule has 0 aliphatic rings. The summed E-state index contributed by atoms with van der Waals surface area (Å²) in [7, 11) is 0. The Bertz CT molecular complexity index is 3530. The summed E-state index contributed by atoms with van der Waals surface area (Å²) in [5.41, 5.74) is 21.1. The molecule has 0 spiro atoms. The van der Waals surface area contributed by atoms with Crippen LogP contribution >= 0.6 is 0 Å². The Morgan fingerprint density at radius 2 is 0.632 bits per heavy atom. The lowest BCUT2D eigenvalue weighted by molar-refractivity contribution is 1.18. The molecule has 0 saturated carbocycles. The summed E-state index contributed by atoms with van der Waals surface area (Å²) in [6.07, 6.45) is 0. The van der Waals surface area contributed by atoms with Gasteiger partial charge in [0.05, 0.1) is 11.0 Å². The van der Waals surface area contributed by atoms with Gasteiger partial charge in [0.2, 0.25) is 0 Å². The van der Waals surface area contributed by atoms with Gasteiger partial charge in [0.1, 0.15) is 0 Å². The fourth-order valence-corrected chi connectivity index (χ4v) is 9.87. The quantitative estimate of drug-likeness (QED) is 0.133. The molecule has 12 aromatic rings. The smallest absolute Gasteiger partial charge is 0.0625 e. The largest absolute Gasteiger partial charge is 0.310 e. The SMILES string of the molecule is c1ccc(-c2ccc(-c3ccc(N(c4ccc(-c5ccc(-c6ccccc6)cc5)cc4)c4cccc(-c5ccc(-c6ccccc6)c6c5c5ccccc5n6-c5ccccc5)c4)cc3)cc2)cc1. The molecule has 68 heavy (non-hydrogen) atoms. The Morgan fingerprint density at radius 3 is 1.13 bits per heavy atom. The first-order chi connectivity index (χ1) is 33.7. The summed E-state index contributed by atoms with van der Waals surface area (Å²) in [4.78, 5) is 2.39. The first kappa shape index (κ1) is 40.5. The van der Waals surface area contributed by atoms with Crippen LogP contribution in [0.3, 0.4) is 0 Å². The molecular formula is C66H46N2. The maximum absolute atomic E-state index is 2.44. The molecule has 2 nitrogen and oxygen atoms in total. The number of fused-ring (bicyclic) bond motifs is 3. The lowest BCUT2D eigenvalue weighted by Gasteiger charge is -2.26. The summed E-state index contributed by atoms with van der Waals surface area (Å²) in [6.45, 7) is 0. The zero-order chi connectivity index (χ0) is 45.2. The van der Waals surface area contributed by atoms with Gasteiger partial charge >= 0.3 is 0 Å². The van der Waals surface area contributed by atoms with Gasteiger partial charge in [-0.2, -0.15) is 0 Å². The van der Waals surface area contributed by atoms with Crippen LogP contribution in [-0.4, -0.2) is 4.57 Å². The van der Waals surface area contributed by atoms with Gasteiger partial charge in [-0.25, -0.2) is 0 Å². The van der Waals surface area contributed by atoms with E-state index in [1.165, 1.54) is 83.0 Å². The fraction of sp³-hybridized carbons (Fsp3) is 0. The van der Waals surface area contributed by atoms with E-state index in [2.05, 4.69) is 289 Å². The zero-order valence-electron chi connectivity index (χ0n) is 37.5. The van der Waals surface area contributed by atoms with Gasteiger partial charge in [-0.15, -0.1) is 0 Å². The number of anilines is 3. The molecule has 0 amide bonds. The molecule has 1 heterocycles. The van der Waals surface area contributed by atoms with Crippen molar-refractivity contribution in [3.05, 3.63) is 279 Å². The van der Waals surface area contributed by atoms with E-state index in [4.69, 9.17) is 0 Å². The van der Waals surface area contributed by atoms with Crippen molar-refractivity contribution in [2.75, 3.05) is 4.90 Å². The maximum atomic E-state index is 2.44. The van der Waals surface area contributed by atoms with Crippen LogP contribution in [0.2, 0.25) is 0 Å². The van der Waals surface area contributed by atoms with Crippen molar-refractivity contribution < 1.29 is 0 Å². The van der Waals surface area contributed by atoms with Gasteiger partial charge < -0.3 is 9.47 Å². The van der Waals surface area contributed by atoms with Gasteiger partial charge in [0.25, 0.3) is 0 Å². The van der Waals surface area contributed by atoms with Gasteiger partial charge in [0, 0.05) is 39.1 Å². The van der Waals surface area contributed by atoms with Crippen LogP contribution in [0.15, 0.2) is 279 Å². The Kier molecular flexibility index (Phi) is 10.6. The second-order valence-electron chi connectivity index (χ2n) is 17.3. The zero-order valence-corrected chi connectivity index (χ0v) is 37.5. The minimum absolute atomic E-state index is 1.08. The molecule has 0 unspecified atom stereocenters. The molecule has 0 saturated heterocycles. The Labute approximate surface area is 397 Å². The van der Waals surface area contributed by atoms with Crippen molar-refractivity contribution in [2.24, 2.45) is 0 Å². The van der Waals surface area contributed by atoms with Crippen LogP contribution in [-0.2, 0) is 0 Å². The van der Waals surface area contributed by atoms with Gasteiger partial charge in [0.15, 0.2) is 0 Å². The molecule has 320 valence electrons. The molecule has 0 atom stereocenters. The highest BCUT2D eigenvalue weighted by Crippen LogP contribution is 2.45. The average molecular weight is 867 g/mol. The third-order valence-electron chi connectivity index (χ3n) is 13.2. The van der Waals surface area contributed by atoms with E-state index in [1.54, 1.807) is 0 Å². The Balaban J connectivity index is 0.977. The van der Waals surface area contributed by atoms with Crippen LogP contribution < -0.4 is 4.90 Å². The summed E-state index contributed by atoms with van der Waals surface area (Å²) < 4.78 is 2.44. The van der Waals surface area contributed by atoms with Crippen LogP contribution in [0.4, 0.5) is 17.1 Å². The number of rotatable bonds is 10. The fourth-order valence-electron chi connectivity index (χ4n) is 9.87. The molecule has 0 N–H and O–H groups in total. The highest BCUT2D eigenvalue weighted by atomic mass is 15.1. The molecule has 0 aliphatic carbocycles. The van der Waals surface area contributed by atoms with Crippen molar-refractivity contribution in [1.82, 2.24) is 4.57 Å². The topological polar surface area (TPSA) is 8.17 Å². The third-order valence-corrected chi connectivity index (χ3v) is 13.2. The molecular weight excluding hydrogens is 821 g/mol.